The van der Waals surface area contributed by atoms with Gasteiger partial charge in [0.2, 0.25) is 0 Å². The topological polar surface area (TPSA) is 71.9 Å². The summed E-state index contributed by atoms with van der Waals surface area (Å²) in [5.74, 6) is -0.180. The molecule has 0 saturated heterocycles. The second-order valence-electron chi connectivity index (χ2n) is 7.04. The van der Waals surface area contributed by atoms with E-state index in [2.05, 4.69) is 15.0 Å². The van der Waals surface area contributed by atoms with Gasteiger partial charge in [-0.25, -0.2) is 4.98 Å². The minimum Gasteiger partial charge on any atom is -0.278 e. The van der Waals surface area contributed by atoms with Gasteiger partial charge in [-0.3, -0.25) is 24.6 Å². The van der Waals surface area contributed by atoms with Crippen molar-refractivity contribution in [2.45, 2.75) is 13.5 Å². The minimum absolute atomic E-state index is 0.180. The number of hydrogen-bond donors (Lipinski definition) is 0. The fourth-order valence-corrected chi connectivity index (χ4v) is 4.81. The standard InChI is InChI=1S/C23H16ClN5OS/c1-14-10-16(24)12-20-21(14)28-23(31-20)29(13-17-4-2-3-7-25-17)22(30)15-5-6-18-19(11-15)27-9-8-26-18/h2-12H,13H2,1H3. The highest BCUT2D eigenvalue weighted by Gasteiger charge is 2.23. The lowest BCUT2D eigenvalue weighted by atomic mass is 10.1. The van der Waals surface area contributed by atoms with Gasteiger partial charge in [0.1, 0.15) is 0 Å². The largest absolute Gasteiger partial charge is 0.278 e. The van der Waals surface area contributed by atoms with Crippen molar-refractivity contribution in [3.05, 3.63) is 89.0 Å². The summed E-state index contributed by atoms with van der Waals surface area (Å²) in [5.41, 5.74) is 4.49. The van der Waals surface area contributed by atoms with Gasteiger partial charge in [-0.05, 0) is 55.0 Å². The fraction of sp³-hybridized carbons (Fsp3) is 0.0870. The Morgan fingerprint density at radius 2 is 1.84 bits per heavy atom. The molecule has 0 atom stereocenters. The van der Waals surface area contributed by atoms with E-state index in [1.165, 1.54) is 11.3 Å². The van der Waals surface area contributed by atoms with E-state index in [1.807, 2.05) is 37.3 Å². The molecule has 31 heavy (non-hydrogen) atoms. The molecule has 3 heterocycles. The van der Waals surface area contributed by atoms with Crippen LogP contribution in [0.5, 0.6) is 0 Å². The molecule has 0 unspecified atom stereocenters. The summed E-state index contributed by atoms with van der Waals surface area (Å²) in [6.07, 6.45) is 4.96. The van der Waals surface area contributed by atoms with Gasteiger partial charge in [0, 0.05) is 29.2 Å². The summed E-state index contributed by atoms with van der Waals surface area (Å²) < 4.78 is 0.934. The number of aromatic nitrogens is 4. The van der Waals surface area contributed by atoms with Crippen molar-refractivity contribution >= 4 is 55.2 Å². The van der Waals surface area contributed by atoms with E-state index in [-0.39, 0.29) is 5.91 Å². The van der Waals surface area contributed by atoms with E-state index >= 15 is 0 Å². The van der Waals surface area contributed by atoms with Crippen LogP contribution in [0.4, 0.5) is 5.13 Å². The highest BCUT2D eigenvalue weighted by Crippen LogP contribution is 2.34. The Morgan fingerprint density at radius 3 is 2.65 bits per heavy atom. The normalized spacial score (nSPS) is 11.2. The van der Waals surface area contributed by atoms with Crippen LogP contribution in [0, 0.1) is 6.92 Å². The van der Waals surface area contributed by atoms with Crippen LogP contribution in [0.3, 0.4) is 0 Å². The third kappa shape index (κ3) is 3.85. The third-order valence-electron chi connectivity index (χ3n) is 4.88. The number of thiazole rings is 1. The molecule has 0 saturated carbocycles. The molecular weight excluding hydrogens is 430 g/mol. The first-order chi connectivity index (χ1) is 15.1. The van der Waals surface area contributed by atoms with Crippen LogP contribution >= 0.6 is 22.9 Å². The molecule has 152 valence electrons. The van der Waals surface area contributed by atoms with Crippen LogP contribution in [0.1, 0.15) is 21.6 Å². The molecule has 0 radical (unpaired) electrons. The quantitative estimate of drug-likeness (QED) is 0.368. The highest BCUT2D eigenvalue weighted by atomic mass is 35.5. The number of carbonyl (C=O) groups is 1. The monoisotopic (exact) mass is 445 g/mol. The van der Waals surface area contributed by atoms with Crippen molar-refractivity contribution < 1.29 is 4.79 Å². The maximum Gasteiger partial charge on any atom is 0.260 e. The number of amides is 1. The molecule has 8 heteroatoms. The van der Waals surface area contributed by atoms with E-state index in [1.54, 1.807) is 41.7 Å². The Kier molecular flexibility index (Phi) is 5.05. The zero-order chi connectivity index (χ0) is 21.4. The Bertz CT molecular complexity index is 1420. The number of rotatable bonds is 4. The molecule has 0 aliphatic rings. The fourth-order valence-electron chi connectivity index (χ4n) is 3.39. The molecule has 5 rings (SSSR count). The number of aryl methyl sites for hydroxylation is 1. The van der Waals surface area contributed by atoms with Gasteiger partial charge in [-0.15, -0.1) is 0 Å². The van der Waals surface area contributed by atoms with E-state index in [0.717, 1.165) is 27.0 Å². The lowest BCUT2D eigenvalue weighted by Crippen LogP contribution is -2.30. The molecule has 6 nitrogen and oxygen atoms in total. The Balaban J connectivity index is 1.61. The first kappa shape index (κ1) is 19.5. The van der Waals surface area contributed by atoms with Crippen LogP contribution < -0.4 is 4.90 Å². The zero-order valence-corrected chi connectivity index (χ0v) is 18.1. The summed E-state index contributed by atoms with van der Waals surface area (Å²) in [6, 6.07) is 14.7. The van der Waals surface area contributed by atoms with Crippen molar-refractivity contribution in [1.82, 2.24) is 19.9 Å². The molecule has 0 spiro atoms. The second kappa shape index (κ2) is 8.02. The van der Waals surface area contributed by atoms with Crippen molar-refractivity contribution in [2.24, 2.45) is 0 Å². The van der Waals surface area contributed by atoms with Crippen molar-refractivity contribution in [3.8, 4) is 0 Å². The van der Waals surface area contributed by atoms with Gasteiger partial charge in [-0.1, -0.05) is 29.0 Å². The first-order valence-electron chi connectivity index (χ1n) is 9.58. The van der Waals surface area contributed by atoms with E-state index in [9.17, 15) is 4.79 Å². The molecule has 1 amide bonds. The van der Waals surface area contributed by atoms with Crippen LogP contribution in [0.15, 0.2) is 67.1 Å². The predicted octanol–water partition coefficient (Wildman–Crippen LogP) is 5.44. The molecule has 0 fully saturated rings. The van der Waals surface area contributed by atoms with Crippen LogP contribution in [0.25, 0.3) is 21.3 Å². The number of nitrogens with zero attached hydrogens (tertiary/aromatic N) is 5. The van der Waals surface area contributed by atoms with Gasteiger partial charge in [0.05, 0.1) is 33.5 Å². The summed E-state index contributed by atoms with van der Waals surface area (Å²) in [7, 11) is 0. The molecule has 0 N–H and O–H groups in total. The zero-order valence-electron chi connectivity index (χ0n) is 16.5. The smallest absolute Gasteiger partial charge is 0.260 e. The van der Waals surface area contributed by atoms with Gasteiger partial charge < -0.3 is 0 Å². The van der Waals surface area contributed by atoms with Gasteiger partial charge in [0.25, 0.3) is 5.91 Å². The number of fused-ring (bicyclic) bond motifs is 2. The number of carbonyl (C=O) groups excluding carboxylic acids is 1. The summed E-state index contributed by atoms with van der Waals surface area (Å²) in [5, 5.41) is 1.24. The summed E-state index contributed by atoms with van der Waals surface area (Å²) in [4.78, 5) is 33.0. The lowest BCUT2D eigenvalue weighted by molar-refractivity contribution is 0.0985. The SMILES string of the molecule is Cc1cc(Cl)cc2sc(N(Cc3ccccn3)C(=O)c3ccc4nccnc4c3)nc12. The number of halogens is 1. The molecule has 0 aliphatic heterocycles. The first-order valence-corrected chi connectivity index (χ1v) is 10.8. The summed E-state index contributed by atoms with van der Waals surface area (Å²) in [6.45, 7) is 2.26. The maximum absolute atomic E-state index is 13.6. The molecule has 0 bridgehead atoms. The number of pyridine rings is 1. The number of hydrogen-bond acceptors (Lipinski definition) is 6. The van der Waals surface area contributed by atoms with Gasteiger partial charge in [0.15, 0.2) is 5.13 Å². The minimum atomic E-state index is -0.180. The highest BCUT2D eigenvalue weighted by molar-refractivity contribution is 7.22. The molecule has 3 aromatic heterocycles. The van der Waals surface area contributed by atoms with Crippen molar-refractivity contribution in [2.75, 3.05) is 4.90 Å². The average Bonchev–Trinajstić information content (AvgIpc) is 3.21. The van der Waals surface area contributed by atoms with Crippen molar-refractivity contribution in [3.63, 3.8) is 0 Å². The average molecular weight is 446 g/mol. The van der Waals surface area contributed by atoms with Crippen LogP contribution in [0.2, 0.25) is 5.02 Å². The summed E-state index contributed by atoms with van der Waals surface area (Å²) >= 11 is 7.67. The van der Waals surface area contributed by atoms with Gasteiger partial charge >= 0.3 is 0 Å². The van der Waals surface area contributed by atoms with Gasteiger partial charge in [-0.2, -0.15) is 0 Å². The molecular formula is C23H16ClN5OS. The molecule has 2 aromatic carbocycles. The lowest BCUT2D eigenvalue weighted by Gasteiger charge is -2.19. The predicted molar refractivity (Wildman–Crippen MR) is 124 cm³/mol. The Morgan fingerprint density at radius 1 is 1.00 bits per heavy atom. The Hall–Kier alpha value is -3.42. The van der Waals surface area contributed by atoms with E-state index < -0.39 is 0 Å². The Labute approximate surface area is 187 Å². The number of benzene rings is 2. The van der Waals surface area contributed by atoms with Crippen LogP contribution in [-0.4, -0.2) is 25.8 Å². The number of anilines is 1. The molecule has 5 aromatic rings. The van der Waals surface area contributed by atoms with E-state index in [0.29, 0.717) is 27.8 Å². The van der Waals surface area contributed by atoms with E-state index in [4.69, 9.17) is 16.6 Å². The second-order valence-corrected chi connectivity index (χ2v) is 8.48. The third-order valence-corrected chi connectivity index (χ3v) is 6.12. The maximum atomic E-state index is 13.6. The van der Waals surface area contributed by atoms with Crippen LogP contribution in [-0.2, 0) is 6.54 Å². The van der Waals surface area contributed by atoms with Crippen molar-refractivity contribution in [1.29, 1.82) is 0 Å². The molecule has 0 aliphatic carbocycles.